The van der Waals surface area contributed by atoms with E-state index in [0.29, 0.717) is 0 Å². The second-order valence-electron chi connectivity index (χ2n) is 7.12. The monoisotopic (exact) mass is 392 g/mol. The lowest BCUT2D eigenvalue weighted by atomic mass is 10.1. The molecule has 1 aliphatic rings. The average Bonchev–Trinajstić information content (AvgIpc) is 2.75. The molecule has 2 aromatic heterocycles. The minimum Gasteiger partial charge on any atom is -0.370 e. The fourth-order valence-corrected chi connectivity index (χ4v) is 3.50. The number of piperazine rings is 1. The van der Waals surface area contributed by atoms with Gasteiger partial charge in [-0.2, -0.15) is 0 Å². The first kappa shape index (κ1) is 19.1. The molecule has 0 aliphatic carbocycles. The molecule has 150 valence electrons. The highest BCUT2D eigenvalue weighted by Gasteiger charge is 2.19. The van der Waals surface area contributed by atoms with Crippen LogP contribution in [0.2, 0.25) is 0 Å². The van der Waals surface area contributed by atoms with Crippen LogP contribution in [0.25, 0.3) is 0 Å². The first-order chi connectivity index (χ1) is 14.2. The molecule has 1 saturated heterocycles. The molecule has 0 amide bonds. The Bertz CT molecular complexity index is 924. The Hall–Kier alpha value is -3.22. The van der Waals surface area contributed by atoms with E-state index >= 15 is 0 Å². The van der Waals surface area contributed by atoms with E-state index in [2.05, 4.69) is 30.1 Å². The summed E-state index contributed by atoms with van der Waals surface area (Å²) in [7, 11) is 0. The number of hydrogen-bond acceptors (Lipinski definition) is 6. The van der Waals surface area contributed by atoms with Crippen LogP contribution in [0.5, 0.6) is 0 Å². The van der Waals surface area contributed by atoms with Gasteiger partial charge >= 0.3 is 0 Å². The van der Waals surface area contributed by atoms with Gasteiger partial charge in [-0.25, -0.2) is 19.3 Å². The summed E-state index contributed by atoms with van der Waals surface area (Å²) in [5, 5.41) is 3.37. The van der Waals surface area contributed by atoms with Crippen LogP contribution in [0.3, 0.4) is 0 Å². The SMILES string of the molecule is Cc1nc(NCCc2ccc(F)cc2)cc(N2CCN(c3ccccn3)CC2)n1. The minimum atomic E-state index is -0.207. The second kappa shape index (κ2) is 8.86. The van der Waals surface area contributed by atoms with Crippen molar-refractivity contribution in [2.24, 2.45) is 0 Å². The van der Waals surface area contributed by atoms with Gasteiger partial charge in [0.25, 0.3) is 0 Å². The molecular formula is C22H25FN6. The van der Waals surface area contributed by atoms with Crippen LogP contribution in [-0.4, -0.2) is 47.7 Å². The summed E-state index contributed by atoms with van der Waals surface area (Å²) in [6.07, 6.45) is 2.64. The second-order valence-corrected chi connectivity index (χ2v) is 7.12. The molecule has 0 saturated carbocycles. The number of benzene rings is 1. The summed E-state index contributed by atoms with van der Waals surface area (Å²) in [5.41, 5.74) is 1.09. The Morgan fingerprint density at radius 2 is 1.66 bits per heavy atom. The lowest BCUT2D eigenvalue weighted by Crippen LogP contribution is -2.47. The molecule has 0 spiro atoms. The van der Waals surface area contributed by atoms with Crippen LogP contribution in [-0.2, 0) is 6.42 Å². The van der Waals surface area contributed by atoms with E-state index in [4.69, 9.17) is 0 Å². The van der Waals surface area contributed by atoms with Gasteiger partial charge in [0.05, 0.1) is 0 Å². The molecule has 0 atom stereocenters. The van der Waals surface area contributed by atoms with Crippen molar-refractivity contribution in [1.82, 2.24) is 15.0 Å². The Morgan fingerprint density at radius 3 is 2.34 bits per heavy atom. The molecule has 1 N–H and O–H groups in total. The van der Waals surface area contributed by atoms with E-state index in [-0.39, 0.29) is 5.82 Å². The standard InChI is InChI=1S/C22H25FN6/c1-17-26-20(24-11-9-18-5-7-19(23)8-6-18)16-22(27-17)29-14-12-28(13-15-29)21-4-2-3-10-25-21/h2-8,10,16H,9,11-15H2,1H3,(H,24,26,27). The predicted molar refractivity (Wildman–Crippen MR) is 114 cm³/mol. The molecule has 29 heavy (non-hydrogen) atoms. The maximum absolute atomic E-state index is 13.0. The summed E-state index contributed by atoms with van der Waals surface area (Å²) in [6, 6.07) is 14.6. The van der Waals surface area contributed by atoms with Gasteiger partial charge in [0.2, 0.25) is 0 Å². The Balaban J connectivity index is 1.35. The van der Waals surface area contributed by atoms with Crippen LogP contribution in [0.15, 0.2) is 54.7 Å². The molecule has 6 nitrogen and oxygen atoms in total. The molecule has 0 radical (unpaired) electrons. The van der Waals surface area contributed by atoms with E-state index in [1.807, 2.05) is 49.5 Å². The van der Waals surface area contributed by atoms with Crippen molar-refractivity contribution in [3.63, 3.8) is 0 Å². The molecule has 0 bridgehead atoms. The van der Waals surface area contributed by atoms with E-state index in [9.17, 15) is 4.39 Å². The minimum absolute atomic E-state index is 0.207. The lowest BCUT2D eigenvalue weighted by Gasteiger charge is -2.36. The number of aryl methyl sites for hydroxylation is 1. The van der Waals surface area contributed by atoms with Gasteiger partial charge < -0.3 is 15.1 Å². The summed E-state index contributed by atoms with van der Waals surface area (Å²) in [6.45, 7) is 6.25. The van der Waals surface area contributed by atoms with E-state index in [0.717, 1.165) is 68.0 Å². The quantitative estimate of drug-likeness (QED) is 0.695. The van der Waals surface area contributed by atoms with E-state index in [1.54, 1.807) is 0 Å². The molecule has 4 rings (SSSR count). The topological polar surface area (TPSA) is 57.2 Å². The number of pyridine rings is 1. The highest BCUT2D eigenvalue weighted by molar-refractivity contribution is 5.51. The van der Waals surface area contributed by atoms with Gasteiger partial charge in [0.1, 0.15) is 29.1 Å². The normalized spacial score (nSPS) is 14.1. The largest absolute Gasteiger partial charge is 0.370 e. The highest BCUT2D eigenvalue weighted by Crippen LogP contribution is 2.20. The van der Waals surface area contributed by atoms with E-state index < -0.39 is 0 Å². The third-order valence-corrected chi connectivity index (χ3v) is 5.03. The molecule has 3 heterocycles. The van der Waals surface area contributed by atoms with Gasteiger partial charge in [-0.15, -0.1) is 0 Å². The van der Waals surface area contributed by atoms with Crippen molar-refractivity contribution >= 4 is 17.5 Å². The van der Waals surface area contributed by atoms with Crippen molar-refractivity contribution in [3.8, 4) is 0 Å². The molecule has 0 unspecified atom stereocenters. The van der Waals surface area contributed by atoms with Gasteiger partial charge in [0, 0.05) is 45.0 Å². The summed E-state index contributed by atoms with van der Waals surface area (Å²) < 4.78 is 13.0. The lowest BCUT2D eigenvalue weighted by molar-refractivity contribution is 0.627. The first-order valence-electron chi connectivity index (χ1n) is 9.92. The third-order valence-electron chi connectivity index (χ3n) is 5.03. The smallest absolute Gasteiger partial charge is 0.134 e. The zero-order valence-corrected chi connectivity index (χ0v) is 16.6. The zero-order chi connectivity index (χ0) is 20.1. The average molecular weight is 392 g/mol. The van der Waals surface area contributed by atoms with Crippen LogP contribution >= 0.6 is 0 Å². The Labute approximate surface area is 170 Å². The predicted octanol–water partition coefficient (Wildman–Crippen LogP) is 3.30. The number of rotatable bonds is 6. The molecule has 1 aromatic carbocycles. The Kier molecular flexibility index (Phi) is 5.84. The maximum Gasteiger partial charge on any atom is 0.134 e. The zero-order valence-electron chi connectivity index (χ0n) is 16.6. The van der Waals surface area contributed by atoms with Crippen LogP contribution in [0, 0.1) is 12.7 Å². The number of halogens is 1. The number of nitrogens with one attached hydrogen (secondary N) is 1. The molecular weight excluding hydrogens is 367 g/mol. The number of hydrogen-bond donors (Lipinski definition) is 1. The molecule has 1 aliphatic heterocycles. The molecule has 7 heteroatoms. The first-order valence-corrected chi connectivity index (χ1v) is 9.92. The van der Waals surface area contributed by atoms with Crippen molar-refractivity contribution < 1.29 is 4.39 Å². The van der Waals surface area contributed by atoms with Gasteiger partial charge in [-0.05, 0) is 43.2 Å². The van der Waals surface area contributed by atoms with Gasteiger partial charge in [0.15, 0.2) is 0 Å². The van der Waals surface area contributed by atoms with E-state index in [1.165, 1.54) is 12.1 Å². The van der Waals surface area contributed by atoms with Crippen LogP contribution in [0.4, 0.5) is 21.8 Å². The van der Waals surface area contributed by atoms with Gasteiger partial charge in [-0.3, -0.25) is 0 Å². The number of aromatic nitrogens is 3. The summed E-state index contributed by atoms with van der Waals surface area (Å²) in [4.78, 5) is 18.2. The van der Waals surface area contributed by atoms with Gasteiger partial charge in [-0.1, -0.05) is 18.2 Å². The highest BCUT2D eigenvalue weighted by atomic mass is 19.1. The summed E-state index contributed by atoms with van der Waals surface area (Å²) in [5.74, 6) is 3.33. The number of nitrogens with zero attached hydrogens (tertiary/aromatic N) is 5. The number of anilines is 3. The fourth-order valence-electron chi connectivity index (χ4n) is 3.50. The maximum atomic E-state index is 13.0. The fraction of sp³-hybridized carbons (Fsp3) is 0.318. The van der Waals surface area contributed by atoms with Crippen molar-refractivity contribution in [2.75, 3.05) is 47.8 Å². The van der Waals surface area contributed by atoms with Crippen molar-refractivity contribution in [1.29, 1.82) is 0 Å². The molecule has 1 fully saturated rings. The van der Waals surface area contributed by atoms with Crippen LogP contribution < -0.4 is 15.1 Å². The molecule has 3 aromatic rings. The van der Waals surface area contributed by atoms with Crippen molar-refractivity contribution in [2.45, 2.75) is 13.3 Å². The summed E-state index contributed by atoms with van der Waals surface area (Å²) >= 11 is 0. The van der Waals surface area contributed by atoms with Crippen molar-refractivity contribution in [3.05, 3.63) is 71.9 Å². The third kappa shape index (κ3) is 4.99. The van der Waals surface area contributed by atoms with Crippen LogP contribution in [0.1, 0.15) is 11.4 Å². The Morgan fingerprint density at radius 1 is 0.931 bits per heavy atom.